The summed E-state index contributed by atoms with van der Waals surface area (Å²) in [6.07, 6.45) is 4.43. The quantitative estimate of drug-likeness (QED) is 0.740. The van der Waals surface area contributed by atoms with Gasteiger partial charge in [-0.25, -0.2) is 0 Å². The van der Waals surface area contributed by atoms with Crippen molar-refractivity contribution in [1.29, 1.82) is 0 Å². The van der Waals surface area contributed by atoms with Crippen LogP contribution in [0.3, 0.4) is 0 Å². The molecule has 14 heavy (non-hydrogen) atoms. The summed E-state index contributed by atoms with van der Waals surface area (Å²) < 4.78 is 0. The standard InChI is InChI=1S/C12H20N2/c1-4-9-7-11-10(5-6-13-11)12(14-9)8(2)3/h5-6,8-9,12-14H,4,7H2,1-3H3. The van der Waals surface area contributed by atoms with Crippen molar-refractivity contribution in [3.05, 3.63) is 23.5 Å². The second-order valence-electron chi connectivity index (χ2n) is 4.61. The van der Waals surface area contributed by atoms with E-state index in [1.807, 2.05) is 0 Å². The van der Waals surface area contributed by atoms with E-state index in [-0.39, 0.29) is 0 Å². The summed E-state index contributed by atoms with van der Waals surface area (Å²) in [6, 6.07) is 3.40. The van der Waals surface area contributed by atoms with Crippen molar-refractivity contribution in [3.63, 3.8) is 0 Å². The molecule has 0 radical (unpaired) electrons. The Morgan fingerprint density at radius 1 is 1.50 bits per heavy atom. The van der Waals surface area contributed by atoms with Gasteiger partial charge in [-0.15, -0.1) is 0 Å². The zero-order chi connectivity index (χ0) is 10.1. The topological polar surface area (TPSA) is 27.8 Å². The van der Waals surface area contributed by atoms with Gasteiger partial charge in [-0.2, -0.15) is 0 Å². The minimum absolute atomic E-state index is 0.537. The summed E-state index contributed by atoms with van der Waals surface area (Å²) >= 11 is 0. The molecule has 78 valence electrons. The predicted octanol–water partition coefficient (Wildman–Crippen LogP) is 2.64. The molecule has 1 aromatic rings. The maximum absolute atomic E-state index is 3.72. The van der Waals surface area contributed by atoms with Gasteiger partial charge in [-0.1, -0.05) is 20.8 Å². The Morgan fingerprint density at radius 2 is 2.29 bits per heavy atom. The average molecular weight is 192 g/mol. The average Bonchev–Trinajstić information content (AvgIpc) is 2.63. The summed E-state index contributed by atoms with van der Waals surface area (Å²) in [7, 11) is 0. The van der Waals surface area contributed by atoms with Crippen LogP contribution in [-0.4, -0.2) is 11.0 Å². The van der Waals surface area contributed by atoms with Gasteiger partial charge in [0, 0.05) is 30.4 Å². The lowest BCUT2D eigenvalue weighted by molar-refractivity contribution is 0.327. The fourth-order valence-electron chi connectivity index (χ4n) is 2.35. The molecule has 2 N–H and O–H groups in total. The van der Waals surface area contributed by atoms with Crippen LogP contribution >= 0.6 is 0 Å². The van der Waals surface area contributed by atoms with E-state index in [0.717, 1.165) is 6.42 Å². The zero-order valence-corrected chi connectivity index (χ0v) is 9.30. The summed E-state index contributed by atoms with van der Waals surface area (Å²) in [4.78, 5) is 3.37. The molecule has 0 bridgehead atoms. The third-order valence-electron chi connectivity index (χ3n) is 3.23. The Bertz CT molecular complexity index is 301. The molecule has 0 aliphatic carbocycles. The normalized spacial score (nSPS) is 26.6. The molecular weight excluding hydrogens is 172 g/mol. The minimum atomic E-state index is 0.537. The maximum atomic E-state index is 3.72. The van der Waals surface area contributed by atoms with Crippen LogP contribution in [0.25, 0.3) is 0 Å². The third kappa shape index (κ3) is 1.59. The van der Waals surface area contributed by atoms with Crippen LogP contribution in [0, 0.1) is 5.92 Å². The van der Waals surface area contributed by atoms with Crippen molar-refractivity contribution in [2.75, 3.05) is 0 Å². The van der Waals surface area contributed by atoms with E-state index in [1.165, 1.54) is 17.7 Å². The first kappa shape index (κ1) is 9.78. The Balaban J connectivity index is 2.27. The lowest BCUT2D eigenvalue weighted by atomic mass is 9.88. The number of H-pyrrole nitrogens is 1. The highest BCUT2D eigenvalue weighted by atomic mass is 15.0. The SMILES string of the molecule is CCC1Cc2[nH]ccc2C(C(C)C)N1. The Kier molecular flexibility index (Phi) is 2.64. The maximum Gasteiger partial charge on any atom is 0.0363 e. The largest absolute Gasteiger partial charge is 0.365 e. The van der Waals surface area contributed by atoms with E-state index in [4.69, 9.17) is 0 Å². The Hall–Kier alpha value is -0.760. The van der Waals surface area contributed by atoms with Crippen LogP contribution < -0.4 is 5.32 Å². The molecule has 2 heteroatoms. The van der Waals surface area contributed by atoms with Crippen LogP contribution in [0.2, 0.25) is 0 Å². The number of aromatic amines is 1. The summed E-state index contributed by atoms with van der Waals surface area (Å²) in [5.74, 6) is 0.666. The van der Waals surface area contributed by atoms with Crippen molar-refractivity contribution < 1.29 is 0 Å². The lowest BCUT2D eigenvalue weighted by Crippen LogP contribution is -2.40. The van der Waals surface area contributed by atoms with Crippen molar-refractivity contribution in [2.24, 2.45) is 5.92 Å². The first-order chi connectivity index (χ1) is 6.72. The van der Waals surface area contributed by atoms with Gasteiger partial charge in [-0.05, 0) is 24.0 Å². The van der Waals surface area contributed by atoms with Gasteiger partial charge in [0.05, 0.1) is 0 Å². The molecule has 2 unspecified atom stereocenters. The molecular formula is C12H20N2. The zero-order valence-electron chi connectivity index (χ0n) is 9.30. The molecule has 2 atom stereocenters. The smallest absolute Gasteiger partial charge is 0.0363 e. The number of hydrogen-bond acceptors (Lipinski definition) is 1. The first-order valence-corrected chi connectivity index (χ1v) is 5.64. The van der Waals surface area contributed by atoms with Gasteiger partial charge in [0.15, 0.2) is 0 Å². The molecule has 0 amide bonds. The fourth-order valence-corrected chi connectivity index (χ4v) is 2.35. The van der Waals surface area contributed by atoms with Crippen molar-refractivity contribution in [2.45, 2.75) is 45.7 Å². The molecule has 0 spiro atoms. The van der Waals surface area contributed by atoms with Gasteiger partial charge < -0.3 is 10.3 Å². The minimum Gasteiger partial charge on any atom is -0.365 e. The van der Waals surface area contributed by atoms with Gasteiger partial charge in [-0.3, -0.25) is 0 Å². The lowest BCUT2D eigenvalue weighted by Gasteiger charge is -2.33. The number of nitrogens with one attached hydrogen (secondary N) is 2. The van der Waals surface area contributed by atoms with Crippen LogP contribution in [0.15, 0.2) is 12.3 Å². The number of rotatable bonds is 2. The number of aromatic nitrogens is 1. The van der Waals surface area contributed by atoms with E-state index in [0.29, 0.717) is 18.0 Å². The van der Waals surface area contributed by atoms with E-state index < -0.39 is 0 Å². The molecule has 0 saturated heterocycles. The monoisotopic (exact) mass is 192 g/mol. The molecule has 0 aromatic carbocycles. The summed E-state index contributed by atoms with van der Waals surface area (Å²) in [5, 5.41) is 3.72. The van der Waals surface area contributed by atoms with Crippen LogP contribution in [0.5, 0.6) is 0 Å². The van der Waals surface area contributed by atoms with Crippen molar-refractivity contribution >= 4 is 0 Å². The van der Waals surface area contributed by atoms with Crippen LogP contribution in [0.4, 0.5) is 0 Å². The van der Waals surface area contributed by atoms with Gasteiger partial charge >= 0.3 is 0 Å². The Morgan fingerprint density at radius 3 is 2.93 bits per heavy atom. The highest BCUT2D eigenvalue weighted by Crippen LogP contribution is 2.30. The molecule has 1 aromatic heterocycles. The fraction of sp³-hybridized carbons (Fsp3) is 0.667. The number of fused-ring (bicyclic) bond motifs is 1. The summed E-state index contributed by atoms with van der Waals surface area (Å²) in [5.41, 5.74) is 2.92. The second-order valence-corrected chi connectivity index (χ2v) is 4.61. The summed E-state index contributed by atoms with van der Waals surface area (Å²) in [6.45, 7) is 6.82. The van der Waals surface area contributed by atoms with E-state index >= 15 is 0 Å². The predicted molar refractivity (Wildman–Crippen MR) is 59.3 cm³/mol. The van der Waals surface area contributed by atoms with Crippen molar-refractivity contribution in [1.82, 2.24) is 10.3 Å². The second kappa shape index (κ2) is 3.77. The molecule has 2 heterocycles. The molecule has 1 aliphatic rings. The molecule has 0 saturated carbocycles. The highest BCUT2D eigenvalue weighted by Gasteiger charge is 2.27. The van der Waals surface area contributed by atoms with E-state index in [1.54, 1.807) is 0 Å². The van der Waals surface area contributed by atoms with Gasteiger partial charge in [0.2, 0.25) is 0 Å². The Labute approximate surface area is 86.1 Å². The third-order valence-corrected chi connectivity index (χ3v) is 3.23. The van der Waals surface area contributed by atoms with Crippen LogP contribution in [-0.2, 0) is 6.42 Å². The van der Waals surface area contributed by atoms with Gasteiger partial charge in [0.25, 0.3) is 0 Å². The van der Waals surface area contributed by atoms with Gasteiger partial charge in [0.1, 0.15) is 0 Å². The molecule has 2 rings (SSSR count). The van der Waals surface area contributed by atoms with E-state index in [9.17, 15) is 0 Å². The highest BCUT2D eigenvalue weighted by molar-refractivity contribution is 5.28. The van der Waals surface area contributed by atoms with Crippen LogP contribution in [0.1, 0.15) is 44.5 Å². The van der Waals surface area contributed by atoms with E-state index in [2.05, 4.69) is 43.3 Å². The molecule has 0 fully saturated rings. The number of hydrogen-bond donors (Lipinski definition) is 2. The first-order valence-electron chi connectivity index (χ1n) is 5.64. The molecule has 2 nitrogen and oxygen atoms in total. The van der Waals surface area contributed by atoms with Crippen molar-refractivity contribution in [3.8, 4) is 0 Å². The molecule has 1 aliphatic heterocycles.